The first-order valence-corrected chi connectivity index (χ1v) is 13.5. The van der Waals surface area contributed by atoms with Crippen LogP contribution in [0.25, 0.3) is 0 Å². The molecule has 0 atom stereocenters. The first kappa shape index (κ1) is 28.7. The molecule has 0 saturated heterocycles. The van der Waals surface area contributed by atoms with Crippen LogP contribution in [0.1, 0.15) is 79.5 Å². The summed E-state index contributed by atoms with van der Waals surface area (Å²) in [5.41, 5.74) is -0.425. The van der Waals surface area contributed by atoms with Gasteiger partial charge >= 0.3 is 5.97 Å². The molecule has 0 heterocycles. The van der Waals surface area contributed by atoms with Crippen LogP contribution >= 0.6 is 11.6 Å². The average Bonchev–Trinajstić information content (AvgIpc) is 2.88. The van der Waals surface area contributed by atoms with Gasteiger partial charge in [-0.05, 0) is 69.1 Å². The Labute approximate surface area is 232 Å². The van der Waals surface area contributed by atoms with E-state index in [1.165, 1.54) is 13.2 Å². The van der Waals surface area contributed by atoms with Crippen molar-refractivity contribution in [3.63, 3.8) is 0 Å². The van der Waals surface area contributed by atoms with Gasteiger partial charge in [0.15, 0.2) is 11.6 Å². The third-order valence-electron chi connectivity index (χ3n) is 8.07. The molecule has 4 rings (SSSR count). The Hall–Kier alpha value is -3.33. The van der Waals surface area contributed by atoms with E-state index < -0.39 is 35.1 Å². The number of carboxylic acid groups (broad SMARTS) is 1. The van der Waals surface area contributed by atoms with Gasteiger partial charge in [0.25, 0.3) is 11.8 Å². The zero-order valence-corrected chi connectivity index (χ0v) is 23.1. The van der Waals surface area contributed by atoms with Gasteiger partial charge in [-0.25, -0.2) is 4.39 Å². The average molecular weight is 561 g/mol. The van der Waals surface area contributed by atoms with E-state index in [4.69, 9.17) is 21.1 Å². The summed E-state index contributed by atoms with van der Waals surface area (Å²) < 4.78 is 26.0. The van der Waals surface area contributed by atoms with Gasteiger partial charge in [0.2, 0.25) is 0 Å². The highest BCUT2D eigenvalue weighted by Crippen LogP contribution is 2.40. The number of hydrogen-bond acceptors (Lipinski definition) is 5. The van der Waals surface area contributed by atoms with Gasteiger partial charge in [-0.15, -0.1) is 0 Å². The summed E-state index contributed by atoms with van der Waals surface area (Å²) in [6, 6.07) is 7.09. The van der Waals surface area contributed by atoms with Crippen LogP contribution in [0.3, 0.4) is 0 Å². The summed E-state index contributed by atoms with van der Waals surface area (Å²) in [5.74, 6) is -2.75. The number of ether oxygens (including phenoxy) is 2. The molecule has 2 aliphatic carbocycles. The lowest BCUT2D eigenvalue weighted by molar-refractivity contribution is -0.150. The number of amides is 2. The van der Waals surface area contributed by atoms with E-state index >= 15 is 0 Å². The van der Waals surface area contributed by atoms with Crippen LogP contribution in [-0.4, -0.2) is 42.6 Å². The molecule has 2 aliphatic rings. The maximum Gasteiger partial charge on any atom is 0.309 e. The molecule has 3 N–H and O–H groups in total. The zero-order chi connectivity index (χ0) is 28.4. The second kappa shape index (κ2) is 11.4. The van der Waals surface area contributed by atoms with Crippen molar-refractivity contribution >= 4 is 35.1 Å². The number of nitrogens with one attached hydrogen (secondary N) is 2. The van der Waals surface area contributed by atoms with Crippen molar-refractivity contribution in [3.8, 4) is 11.5 Å². The van der Waals surface area contributed by atoms with Crippen molar-refractivity contribution in [1.29, 1.82) is 0 Å². The standard InChI is InChI=1S/C29H34ClFN2O6/c1-28(10-5-11-28)16-32-26(35)24-19(30)6-4-7-21(24)33-25(34)18-14-23(20(31)15-22(18)38-3)39-17-8-12-29(2,13-9-17)27(36)37/h4,6-7,14-15,17H,5,8-13,16H2,1-3H3,(H,32,35)(H,33,34)(H,36,37)/t17-,29+. The Balaban J connectivity index is 1.52. The van der Waals surface area contributed by atoms with Gasteiger partial charge in [0.05, 0.1) is 40.5 Å². The van der Waals surface area contributed by atoms with Gasteiger partial charge in [0, 0.05) is 12.6 Å². The Morgan fingerprint density at radius 2 is 1.77 bits per heavy atom. The van der Waals surface area contributed by atoms with Crippen molar-refractivity contribution in [2.45, 2.75) is 64.9 Å². The molecule has 0 aromatic heterocycles. The smallest absolute Gasteiger partial charge is 0.309 e. The molecule has 0 unspecified atom stereocenters. The number of hydrogen-bond donors (Lipinski definition) is 3. The number of methoxy groups -OCH3 is 1. The Morgan fingerprint density at radius 1 is 1.08 bits per heavy atom. The molecule has 8 nitrogen and oxygen atoms in total. The van der Waals surface area contributed by atoms with Crippen LogP contribution in [0.5, 0.6) is 11.5 Å². The predicted octanol–water partition coefficient (Wildman–Crippen LogP) is 6.07. The van der Waals surface area contributed by atoms with Gasteiger partial charge < -0.3 is 25.2 Å². The Bertz CT molecular complexity index is 1270. The molecule has 2 fully saturated rings. The van der Waals surface area contributed by atoms with Crippen LogP contribution in [-0.2, 0) is 4.79 Å². The fourth-order valence-corrected chi connectivity index (χ4v) is 5.36. The number of aliphatic carboxylic acids is 1. The first-order valence-electron chi connectivity index (χ1n) is 13.1. The monoisotopic (exact) mass is 560 g/mol. The topological polar surface area (TPSA) is 114 Å². The van der Waals surface area contributed by atoms with Gasteiger partial charge in [0.1, 0.15) is 5.75 Å². The number of carboxylic acids is 1. The fraction of sp³-hybridized carbons (Fsp3) is 0.483. The van der Waals surface area contributed by atoms with E-state index in [1.807, 2.05) is 0 Å². The molecule has 10 heteroatoms. The molecule has 210 valence electrons. The van der Waals surface area contributed by atoms with Gasteiger partial charge in [-0.3, -0.25) is 14.4 Å². The minimum Gasteiger partial charge on any atom is -0.496 e. The molecule has 2 aromatic rings. The summed E-state index contributed by atoms with van der Waals surface area (Å²) in [6.07, 6.45) is 4.49. The minimum atomic E-state index is -0.859. The lowest BCUT2D eigenvalue weighted by Crippen LogP contribution is -2.40. The van der Waals surface area contributed by atoms with Crippen molar-refractivity contribution < 1.29 is 33.4 Å². The normalized spacial score (nSPS) is 21.8. The van der Waals surface area contributed by atoms with Crippen molar-refractivity contribution in [2.24, 2.45) is 10.8 Å². The quantitative estimate of drug-likeness (QED) is 0.343. The minimum absolute atomic E-state index is 0.00777. The van der Waals surface area contributed by atoms with Crippen molar-refractivity contribution in [3.05, 3.63) is 52.3 Å². The molecule has 0 spiro atoms. The molecule has 2 aromatic carbocycles. The number of halogens is 2. The summed E-state index contributed by atoms with van der Waals surface area (Å²) >= 11 is 6.36. The van der Waals surface area contributed by atoms with E-state index in [9.17, 15) is 23.9 Å². The SMILES string of the molecule is COc1cc(F)c(O[C@H]2CC[C@@](C)(C(=O)O)CC2)cc1C(=O)Nc1cccc(Cl)c1C(=O)NCC1(C)CCC1. The number of rotatable bonds is 9. The van der Waals surface area contributed by atoms with E-state index in [0.29, 0.717) is 32.2 Å². The van der Waals surface area contributed by atoms with E-state index in [-0.39, 0.29) is 38.8 Å². The third kappa shape index (κ3) is 6.30. The second-order valence-corrected chi connectivity index (χ2v) is 11.5. The molecular weight excluding hydrogens is 527 g/mol. The highest BCUT2D eigenvalue weighted by molar-refractivity contribution is 6.35. The van der Waals surface area contributed by atoms with Crippen molar-refractivity contribution in [1.82, 2.24) is 5.32 Å². The van der Waals surface area contributed by atoms with Crippen LogP contribution < -0.4 is 20.1 Å². The molecule has 39 heavy (non-hydrogen) atoms. The number of carbonyl (C=O) groups is 3. The number of benzene rings is 2. The molecule has 0 aliphatic heterocycles. The number of anilines is 1. The zero-order valence-electron chi connectivity index (χ0n) is 22.4. The predicted molar refractivity (Wildman–Crippen MR) is 145 cm³/mol. The summed E-state index contributed by atoms with van der Waals surface area (Å²) in [4.78, 5) is 37.9. The molecule has 0 radical (unpaired) electrons. The van der Waals surface area contributed by atoms with Crippen molar-refractivity contribution in [2.75, 3.05) is 19.0 Å². The van der Waals surface area contributed by atoms with Gasteiger partial charge in [-0.2, -0.15) is 0 Å². The maximum atomic E-state index is 14.9. The highest BCUT2D eigenvalue weighted by Gasteiger charge is 2.38. The molecule has 2 saturated carbocycles. The second-order valence-electron chi connectivity index (χ2n) is 11.1. The lowest BCUT2D eigenvalue weighted by atomic mass is 9.70. The Morgan fingerprint density at radius 3 is 2.36 bits per heavy atom. The third-order valence-corrected chi connectivity index (χ3v) is 8.38. The summed E-state index contributed by atoms with van der Waals surface area (Å²) in [6.45, 7) is 4.31. The Kier molecular flexibility index (Phi) is 8.39. The van der Waals surface area contributed by atoms with Gasteiger partial charge in [-0.1, -0.05) is 31.0 Å². The first-order chi connectivity index (χ1) is 18.4. The number of carbonyl (C=O) groups excluding carboxylic acids is 2. The highest BCUT2D eigenvalue weighted by atomic mass is 35.5. The molecular formula is C29H34ClFN2O6. The van der Waals surface area contributed by atoms with E-state index in [0.717, 1.165) is 25.3 Å². The maximum absolute atomic E-state index is 14.9. The van der Waals surface area contributed by atoms with E-state index in [1.54, 1.807) is 25.1 Å². The van der Waals surface area contributed by atoms with Crippen LogP contribution in [0.2, 0.25) is 5.02 Å². The van der Waals surface area contributed by atoms with Crippen LogP contribution in [0.4, 0.5) is 10.1 Å². The summed E-state index contributed by atoms with van der Waals surface area (Å²) in [7, 11) is 1.32. The van der Waals surface area contributed by atoms with Crippen LogP contribution in [0, 0.1) is 16.6 Å². The fourth-order valence-electron chi connectivity index (χ4n) is 5.10. The van der Waals surface area contributed by atoms with Crippen LogP contribution in [0.15, 0.2) is 30.3 Å². The van der Waals surface area contributed by atoms with E-state index in [2.05, 4.69) is 17.6 Å². The lowest BCUT2D eigenvalue weighted by Gasteiger charge is -2.38. The summed E-state index contributed by atoms with van der Waals surface area (Å²) in [5, 5.41) is 15.3. The largest absolute Gasteiger partial charge is 0.496 e. The molecule has 0 bridgehead atoms. The molecule has 2 amide bonds.